The Labute approximate surface area is 200 Å². The largest absolute Gasteiger partial charge is 0.494 e. The number of rotatable bonds is 10. The molecule has 1 atom stereocenters. The fourth-order valence-electron chi connectivity index (χ4n) is 3.29. The predicted octanol–water partition coefficient (Wildman–Crippen LogP) is 1.09. The number of sulfonamides is 2. The van der Waals surface area contributed by atoms with E-state index in [1.165, 1.54) is 35.5 Å². The zero-order valence-corrected chi connectivity index (χ0v) is 20.7. The van der Waals surface area contributed by atoms with E-state index in [1.807, 2.05) is 6.92 Å². The standard InChI is InChI=1S/C22H29N3O7S2/c1-3-32-19-6-10-20(11-7-19)33(27,28)24-17(2)22(26)23-16-18-4-8-21(9-5-18)34(29,30)25-12-14-31-15-13-25/h4-11,17,24H,3,12-16H2,1-2H3,(H,23,26)/t17-/m0/s1. The number of ether oxygens (including phenoxy) is 2. The normalized spacial score (nSPS) is 16.1. The highest BCUT2D eigenvalue weighted by Crippen LogP contribution is 2.18. The van der Waals surface area contributed by atoms with E-state index in [0.29, 0.717) is 44.2 Å². The van der Waals surface area contributed by atoms with Crippen LogP contribution in [0, 0.1) is 0 Å². The van der Waals surface area contributed by atoms with Crippen LogP contribution >= 0.6 is 0 Å². The van der Waals surface area contributed by atoms with Crippen LogP contribution in [-0.4, -0.2) is 66.0 Å². The van der Waals surface area contributed by atoms with Crippen LogP contribution in [0.15, 0.2) is 58.3 Å². The third-order valence-corrected chi connectivity index (χ3v) is 8.64. The molecule has 34 heavy (non-hydrogen) atoms. The summed E-state index contributed by atoms with van der Waals surface area (Å²) >= 11 is 0. The Morgan fingerprint density at radius 2 is 1.59 bits per heavy atom. The third kappa shape index (κ3) is 6.54. The third-order valence-electron chi connectivity index (χ3n) is 5.17. The maximum Gasteiger partial charge on any atom is 0.243 e. The number of carbonyl (C=O) groups is 1. The van der Waals surface area contributed by atoms with Crippen molar-refractivity contribution < 1.29 is 31.1 Å². The highest BCUT2D eigenvalue weighted by Gasteiger charge is 2.26. The van der Waals surface area contributed by atoms with E-state index in [2.05, 4.69) is 10.0 Å². The second-order valence-electron chi connectivity index (χ2n) is 7.63. The van der Waals surface area contributed by atoms with Crippen molar-refractivity contribution in [3.05, 3.63) is 54.1 Å². The number of amides is 1. The molecule has 12 heteroatoms. The first-order valence-electron chi connectivity index (χ1n) is 10.8. The van der Waals surface area contributed by atoms with Gasteiger partial charge in [-0.3, -0.25) is 4.79 Å². The Hall–Kier alpha value is -2.51. The molecule has 0 spiro atoms. The van der Waals surface area contributed by atoms with Crippen molar-refractivity contribution in [2.24, 2.45) is 0 Å². The summed E-state index contributed by atoms with van der Waals surface area (Å²) in [4.78, 5) is 12.6. The molecule has 10 nitrogen and oxygen atoms in total. The van der Waals surface area contributed by atoms with Crippen molar-refractivity contribution in [1.82, 2.24) is 14.3 Å². The highest BCUT2D eigenvalue weighted by molar-refractivity contribution is 7.89. The number of nitrogens with one attached hydrogen (secondary N) is 2. The minimum absolute atomic E-state index is 0.0210. The van der Waals surface area contributed by atoms with Gasteiger partial charge in [-0.15, -0.1) is 0 Å². The second kappa shape index (κ2) is 11.3. The molecular formula is C22H29N3O7S2. The summed E-state index contributed by atoms with van der Waals surface area (Å²) in [5, 5.41) is 2.66. The minimum atomic E-state index is -3.90. The minimum Gasteiger partial charge on any atom is -0.494 e. The van der Waals surface area contributed by atoms with E-state index in [0.717, 1.165) is 0 Å². The maximum atomic E-state index is 12.7. The van der Waals surface area contributed by atoms with Crippen LogP contribution in [0.25, 0.3) is 0 Å². The lowest BCUT2D eigenvalue weighted by Crippen LogP contribution is -2.44. The van der Waals surface area contributed by atoms with E-state index in [-0.39, 0.29) is 16.3 Å². The fourth-order valence-corrected chi connectivity index (χ4v) is 5.90. The lowest BCUT2D eigenvalue weighted by Gasteiger charge is -2.26. The van der Waals surface area contributed by atoms with E-state index < -0.39 is 32.0 Å². The van der Waals surface area contributed by atoms with Crippen molar-refractivity contribution in [2.45, 2.75) is 36.2 Å². The van der Waals surface area contributed by atoms with Crippen LogP contribution in [0.1, 0.15) is 19.4 Å². The molecular weight excluding hydrogens is 482 g/mol. The molecule has 1 heterocycles. The molecule has 0 radical (unpaired) electrons. The summed E-state index contributed by atoms with van der Waals surface area (Å²) in [6, 6.07) is 11.1. The molecule has 2 aromatic carbocycles. The van der Waals surface area contributed by atoms with Gasteiger partial charge < -0.3 is 14.8 Å². The van der Waals surface area contributed by atoms with Crippen LogP contribution in [0.2, 0.25) is 0 Å². The molecule has 0 unspecified atom stereocenters. The van der Waals surface area contributed by atoms with Crippen molar-refractivity contribution in [3.63, 3.8) is 0 Å². The molecule has 1 amide bonds. The topological polar surface area (TPSA) is 131 Å². The lowest BCUT2D eigenvalue weighted by molar-refractivity contribution is -0.122. The van der Waals surface area contributed by atoms with Crippen molar-refractivity contribution >= 4 is 26.0 Å². The molecule has 0 aromatic heterocycles. The molecule has 1 saturated heterocycles. The van der Waals surface area contributed by atoms with Crippen LogP contribution in [0.4, 0.5) is 0 Å². The smallest absolute Gasteiger partial charge is 0.243 e. The van der Waals surface area contributed by atoms with Gasteiger partial charge in [-0.2, -0.15) is 9.03 Å². The molecule has 0 bridgehead atoms. The quantitative estimate of drug-likeness (QED) is 0.488. The second-order valence-corrected chi connectivity index (χ2v) is 11.3. The number of morpholine rings is 1. The Morgan fingerprint density at radius 1 is 1.00 bits per heavy atom. The molecule has 3 rings (SSSR count). The van der Waals surface area contributed by atoms with Crippen LogP contribution < -0.4 is 14.8 Å². The van der Waals surface area contributed by atoms with E-state index >= 15 is 0 Å². The summed E-state index contributed by atoms with van der Waals surface area (Å²) in [6.45, 7) is 5.20. The van der Waals surface area contributed by atoms with E-state index in [4.69, 9.17) is 9.47 Å². The van der Waals surface area contributed by atoms with Gasteiger partial charge in [-0.25, -0.2) is 16.8 Å². The van der Waals surface area contributed by atoms with Gasteiger partial charge >= 0.3 is 0 Å². The first-order chi connectivity index (χ1) is 16.1. The average Bonchev–Trinajstić information content (AvgIpc) is 2.83. The Bertz CT molecular complexity index is 1180. The first kappa shape index (κ1) is 26.1. The van der Waals surface area contributed by atoms with Crippen LogP contribution in [-0.2, 0) is 36.1 Å². The molecule has 0 saturated carbocycles. The number of hydrogen-bond donors (Lipinski definition) is 2. The Morgan fingerprint density at radius 3 is 2.18 bits per heavy atom. The first-order valence-corrected chi connectivity index (χ1v) is 13.8. The monoisotopic (exact) mass is 511 g/mol. The zero-order chi connectivity index (χ0) is 24.8. The molecule has 1 aliphatic rings. The lowest BCUT2D eigenvalue weighted by atomic mass is 10.2. The van der Waals surface area contributed by atoms with Gasteiger partial charge in [0.1, 0.15) is 5.75 Å². The van der Waals surface area contributed by atoms with Crippen molar-refractivity contribution in [2.75, 3.05) is 32.9 Å². The summed E-state index contributed by atoms with van der Waals surface area (Å²) in [7, 11) is -7.49. The SMILES string of the molecule is CCOc1ccc(S(=O)(=O)N[C@@H](C)C(=O)NCc2ccc(S(=O)(=O)N3CCOCC3)cc2)cc1. The molecule has 1 aliphatic heterocycles. The van der Waals surface area contributed by atoms with Crippen LogP contribution in [0.5, 0.6) is 5.75 Å². The molecule has 2 N–H and O–H groups in total. The molecule has 0 aliphatic carbocycles. The van der Waals surface area contributed by atoms with Gasteiger partial charge in [-0.1, -0.05) is 12.1 Å². The summed E-state index contributed by atoms with van der Waals surface area (Å²) in [5.41, 5.74) is 0.677. The maximum absolute atomic E-state index is 12.7. The van der Waals surface area contributed by atoms with Crippen molar-refractivity contribution in [1.29, 1.82) is 0 Å². The fraction of sp³-hybridized carbons (Fsp3) is 0.409. The number of hydrogen-bond acceptors (Lipinski definition) is 7. The Kier molecular flexibility index (Phi) is 8.66. The van der Waals surface area contributed by atoms with Gasteiger partial charge in [0.15, 0.2) is 0 Å². The van der Waals surface area contributed by atoms with E-state index in [1.54, 1.807) is 24.3 Å². The highest BCUT2D eigenvalue weighted by atomic mass is 32.2. The summed E-state index contributed by atoms with van der Waals surface area (Å²) < 4.78 is 64.7. The van der Waals surface area contributed by atoms with E-state index in [9.17, 15) is 21.6 Å². The zero-order valence-electron chi connectivity index (χ0n) is 19.1. The van der Waals surface area contributed by atoms with Crippen LogP contribution in [0.3, 0.4) is 0 Å². The predicted molar refractivity (Wildman–Crippen MR) is 125 cm³/mol. The molecule has 1 fully saturated rings. The molecule has 186 valence electrons. The number of benzene rings is 2. The summed E-state index contributed by atoms with van der Waals surface area (Å²) in [6.07, 6.45) is 0. The van der Waals surface area contributed by atoms with Gasteiger partial charge in [-0.05, 0) is 55.8 Å². The average molecular weight is 512 g/mol. The number of nitrogens with zero attached hydrogens (tertiary/aromatic N) is 1. The van der Waals surface area contributed by atoms with Gasteiger partial charge in [0.25, 0.3) is 0 Å². The molecule has 2 aromatic rings. The van der Waals surface area contributed by atoms with Gasteiger partial charge in [0.05, 0.1) is 35.7 Å². The van der Waals surface area contributed by atoms with Gasteiger partial charge in [0.2, 0.25) is 26.0 Å². The number of carbonyl (C=O) groups excluding carboxylic acids is 1. The van der Waals surface area contributed by atoms with Crippen molar-refractivity contribution in [3.8, 4) is 5.75 Å². The summed E-state index contributed by atoms with van der Waals surface area (Å²) in [5.74, 6) is 0.0375. The van der Waals surface area contributed by atoms with Gasteiger partial charge in [0, 0.05) is 19.6 Å². The Balaban J connectivity index is 1.55.